The van der Waals surface area contributed by atoms with Gasteiger partial charge in [-0.1, -0.05) is 92.9 Å². The number of hydrogen-bond donors (Lipinski definition) is 1. The molecular weight excluding hydrogens is 854 g/mol. The molecule has 0 radical (unpaired) electrons. The van der Waals surface area contributed by atoms with Crippen molar-refractivity contribution in [3.63, 3.8) is 0 Å². The minimum absolute atomic E-state index is 0. The van der Waals surface area contributed by atoms with Crippen molar-refractivity contribution < 1.29 is 41.4 Å². The molecule has 0 spiro atoms. The molecule has 3 aliphatic carbocycles. The summed E-state index contributed by atoms with van der Waals surface area (Å²) < 4.78 is 10.5. The number of carbonyl (C=O) groups is 3. The van der Waals surface area contributed by atoms with Gasteiger partial charge in [0.15, 0.2) is 5.60 Å². The molecular formula is C54H65Cl2MgNO6. The van der Waals surface area contributed by atoms with Crippen LogP contribution in [-0.4, -0.2) is 69.6 Å². The molecule has 1 heterocycles. The summed E-state index contributed by atoms with van der Waals surface area (Å²) in [4.78, 5) is 31.8. The van der Waals surface area contributed by atoms with E-state index in [2.05, 4.69) is 42.8 Å². The number of carbonyl (C=O) groups excluding carboxylic acids is 3. The topological polar surface area (TPSA) is 114 Å². The van der Waals surface area contributed by atoms with Gasteiger partial charge in [0.25, 0.3) is 0 Å². The third-order valence-corrected chi connectivity index (χ3v) is 9.47. The number of hydrogen-bond acceptors (Lipinski definition) is 7. The number of benzene rings is 3. The monoisotopic (exact) mass is 917 g/mol. The van der Waals surface area contributed by atoms with Crippen LogP contribution < -0.4 is 12.4 Å². The molecule has 0 unspecified atom stereocenters. The Labute approximate surface area is 412 Å². The molecule has 338 valence electrons. The summed E-state index contributed by atoms with van der Waals surface area (Å²) in [6, 6.07) is 30.7. The summed E-state index contributed by atoms with van der Waals surface area (Å²) in [5.41, 5.74) is 2.23. The molecule has 10 heteroatoms. The first-order chi connectivity index (χ1) is 29.3. The first-order valence-corrected chi connectivity index (χ1v) is 21.2. The van der Waals surface area contributed by atoms with Gasteiger partial charge in [-0.15, -0.1) is 17.7 Å². The van der Waals surface area contributed by atoms with E-state index in [0.717, 1.165) is 107 Å². The van der Waals surface area contributed by atoms with E-state index in [1.54, 1.807) is 19.9 Å². The van der Waals surface area contributed by atoms with Crippen LogP contribution in [-0.2, 0) is 23.9 Å². The Balaban J connectivity index is -0.000000729. The summed E-state index contributed by atoms with van der Waals surface area (Å²) in [5, 5.41) is 16.8. The van der Waals surface area contributed by atoms with Gasteiger partial charge in [-0.3, -0.25) is 15.5 Å². The van der Waals surface area contributed by atoms with Crippen LogP contribution in [0.2, 0.25) is 0 Å². The van der Waals surface area contributed by atoms with Crippen molar-refractivity contribution >= 4 is 51.6 Å². The minimum Gasteiger partial charge on any atom is -1.00 e. The molecule has 64 heavy (non-hydrogen) atoms. The van der Waals surface area contributed by atoms with Crippen LogP contribution in [0.15, 0.2) is 115 Å². The van der Waals surface area contributed by atoms with Crippen molar-refractivity contribution in [3.8, 4) is 35.7 Å². The molecule has 7 rings (SSSR count). The molecule has 4 aliphatic rings. The van der Waals surface area contributed by atoms with Gasteiger partial charge in [0.2, 0.25) is 5.24 Å². The second-order valence-electron chi connectivity index (χ2n) is 14.7. The van der Waals surface area contributed by atoms with Gasteiger partial charge in [-0.25, -0.2) is 4.79 Å². The van der Waals surface area contributed by atoms with Gasteiger partial charge >= 0.3 is 29.0 Å². The predicted molar refractivity (Wildman–Crippen MR) is 258 cm³/mol. The van der Waals surface area contributed by atoms with Crippen LogP contribution in [0, 0.1) is 47.4 Å². The molecule has 0 bridgehead atoms. The molecule has 7 nitrogen and oxygen atoms in total. The minimum atomic E-state index is -0.712. The summed E-state index contributed by atoms with van der Waals surface area (Å²) >= 11 is 4.87. The third kappa shape index (κ3) is 31.3. The van der Waals surface area contributed by atoms with Gasteiger partial charge in [-0.05, 0) is 133 Å². The maximum absolute atomic E-state index is 11.7. The number of allylic oxidation sites excluding steroid dienone is 1. The summed E-state index contributed by atoms with van der Waals surface area (Å²) in [6.07, 6.45) is 20.8. The van der Waals surface area contributed by atoms with Crippen molar-refractivity contribution in [2.75, 3.05) is 13.2 Å². The van der Waals surface area contributed by atoms with Gasteiger partial charge in [0, 0.05) is 55.3 Å². The van der Waals surface area contributed by atoms with E-state index >= 15 is 0 Å². The first kappa shape index (κ1) is 63.7. The van der Waals surface area contributed by atoms with E-state index in [9.17, 15) is 19.5 Å². The zero-order valence-electron chi connectivity index (χ0n) is 37.3. The van der Waals surface area contributed by atoms with Crippen molar-refractivity contribution in [2.24, 2.45) is 0 Å². The number of halogens is 2. The molecule has 0 aromatic heterocycles. The fourth-order valence-corrected chi connectivity index (χ4v) is 5.77. The Hall–Kier alpha value is -4.61. The third-order valence-electron chi connectivity index (χ3n) is 9.14. The number of rotatable bonds is 3. The van der Waals surface area contributed by atoms with Crippen LogP contribution in [0.5, 0.6) is 0 Å². The van der Waals surface area contributed by atoms with E-state index < -0.39 is 16.4 Å². The zero-order valence-corrected chi connectivity index (χ0v) is 40.2. The van der Waals surface area contributed by atoms with E-state index in [0.29, 0.717) is 16.9 Å². The molecule has 1 saturated heterocycles. The van der Waals surface area contributed by atoms with Gasteiger partial charge < -0.3 is 33.4 Å². The summed E-state index contributed by atoms with van der Waals surface area (Å²) in [7, 11) is 0. The fourth-order valence-electron chi connectivity index (χ4n) is 5.77. The number of aliphatic hydroxyl groups is 1. The number of ether oxygens (including phenoxy) is 2. The first-order valence-electron chi connectivity index (χ1n) is 20.8. The van der Waals surface area contributed by atoms with E-state index in [1.807, 2.05) is 91.0 Å². The largest absolute Gasteiger partial charge is 2.00 e. The number of Topliss-reactive ketones (excluding diaryl/α,β-unsaturated/α-hetero) is 1. The SMILES string of the molecule is C.C1CCOC1.C=C(C)C(=O)Cl.C=C(C)C(=O)OC1(C#Cc2ccccc2)CCCC1.CC#N.O=C1CCCC1.OC1(C#Cc2ccccc2)CCCC1.[C-]#Cc1ccccc1.[Cl-].[Mg+2]. The molecule has 3 saturated carbocycles. The van der Waals surface area contributed by atoms with E-state index in [4.69, 9.17) is 32.8 Å². The van der Waals surface area contributed by atoms with E-state index in [1.165, 1.54) is 19.8 Å². The number of ketones is 1. The van der Waals surface area contributed by atoms with Crippen LogP contribution in [0.1, 0.15) is 135 Å². The van der Waals surface area contributed by atoms with Crippen LogP contribution in [0.4, 0.5) is 0 Å². The number of nitriles is 1. The fraction of sp³-hybridized carbons (Fsp3) is 0.407. The molecule has 3 aromatic carbocycles. The normalized spacial score (nSPS) is 14.7. The number of esters is 1. The second kappa shape index (κ2) is 38.8. The maximum atomic E-state index is 11.7. The average Bonchev–Trinajstić information content (AvgIpc) is 4.14. The van der Waals surface area contributed by atoms with Gasteiger partial charge in [0.05, 0.1) is 6.07 Å². The molecule has 4 fully saturated rings. The Bertz CT molecular complexity index is 1960. The second-order valence-corrected chi connectivity index (χ2v) is 15.0. The van der Waals surface area contributed by atoms with Crippen LogP contribution in [0.3, 0.4) is 0 Å². The van der Waals surface area contributed by atoms with E-state index in [-0.39, 0.29) is 48.9 Å². The van der Waals surface area contributed by atoms with Crippen molar-refractivity contribution in [1.82, 2.24) is 0 Å². The molecule has 1 N–H and O–H groups in total. The van der Waals surface area contributed by atoms with Gasteiger partial charge in [0.1, 0.15) is 11.4 Å². The van der Waals surface area contributed by atoms with Crippen molar-refractivity contribution in [3.05, 3.63) is 138 Å². The zero-order chi connectivity index (χ0) is 45.2. The molecule has 1 aliphatic heterocycles. The Morgan fingerprint density at radius 3 is 1.39 bits per heavy atom. The predicted octanol–water partition coefficient (Wildman–Crippen LogP) is 8.48. The van der Waals surface area contributed by atoms with Gasteiger partial charge in [-0.2, -0.15) is 5.26 Å². The summed E-state index contributed by atoms with van der Waals surface area (Å²) in [6.45, 7) is 13.6. The maximum Gasteiger partial charge on any atom is 2.00 e. The Morgan fingerprint density at radius 1 is 0.719 bits per heavy atom. The smallest absolute Gasteiger partial charge is 1.00 e. The van der Waals surface area contributed by atoms with Crippen LogP contribution in [0.25, 0.3) is 0 Å². The molecule has 3 aromatic rings. The quantitative estimate of drug-likeness (QED) is 0.0701. The molecule has 0 amide bonds. The van der Waals surface area contributed by atoms with Crippen molar-refractivity contribution in [2.45, 2.75) is 129 Å². The Kier molecular flexibility index (Phi) is 38.6. The molecule has 0 atom stereocenters. The standard InChI is InChI=1S/C17H18O2.C13H14O.C8H5.C5H8O.C4H5ClO.C4H8O.C2H3N.CH4.ClH.Mg/c1-14(2)16(18)19-17(11-6-7-12-17)13-10-15-8-4-3-5-9-15;14-13(9-4-5-10-13)11-8-12-6-2-1-3-7-12;1-2-8-6-4-3-5-7-8;6-5-3-1-2-4-5;1-3(2)4(5)6;1-2-4-5-3-1;1-2-3;;;/h3-5,8-9H,1,6-7,11-12H2,2H3;1-3,6-7,14H,4-5,9-10H2;3-7H;1-4H2;1H2,2H3;1-4H2;1H3;1H4;1H;/q;;-1;;;;;;;+2/p-1. The number of nitrogens with zero attached hydrogens (tertiary/aromatic N) is 1. The average molecular weight is 919 g/mol. The van der Waals surface area contributed by atoms with Crippen molar-refractivity contribution in [1.29, 1.82) is 5.26 Å². The van der Waals surface area contributed by atoms with Crippen LogP contribution >= 0.6 is 11.6 Å². The summed E-state index contributed by atoms with van der Waals surface area (Å²) in [5.74, 6) is 14.7. The Morgan fingerprint density at radius 2 is 1.09 bits per heavy atom.